The zero-order valence-corrected chi connectivity index (χ0v) is 14.1. The summed E-state index contributed by atoms with van der Waals surface area (Å²) in [6.07, 6.45) is 4.10. The first-order valence-electron chi connectivity index (χ1n) is 8.62. The first-order valence-corrected chi connectivity index (χ1v) is 8.62. The van der Waals surface area contributed by atoms with E-state index in [0.29, 0.717) is 0 Å². The molecule has 24 heavy (non-hydrogen) atoms. The number of hydrogen-bond donors (Lipinski definition) is 0. The molecule has 1 aromatic carbocycles. The summed E-state index contributed by atoms with van der Waals surface area (Å²) in [6, 6.07) is 10.7. The van der Waals surface area contributed by atoms with Crippen LogP contribution in [0.15, 0.2) is 41.1 Å². The Kier molecular flexibility index (Phi) is 4.02. The third-order valence-corrected chi connectivity index (χ3v) is 4.70. The van der Waals surface area contributed by atoms with E-state index < -0.39 is 0 Å². The van der Waals surface area contributed by atoms with E-state index in [9.17, 15) is 0 Å². The van der Waals surface area contributed by atoms with Gasteiger partial charge in [0.25, 0.3) is 0 Å². The second kappa shape index (κ2) is 6.32. The molecule has 1 fully saturated rings. The van der Waals surface area contributed by atoms with Crippen molar-refractivity contribution in [3.05, 3.63) is 53.8 Å². The summed E-state index contributed by atoms with van der Waals surface area (Å²) in [6.45, 7) is 6.07. The monoisotopic (exact) mass is 322 g/mol. The van der Waals surface area contributed by atoms with E-state index in [1.54, 1.807) is 0 Å². The van der Waals surface area contributed by atoms with Gasteiger partial charge in [0.2, 0.25) is 5.89 Å². The second-order valence-corrected chi connectivity index (χ2v) is 6.77. The van der Waals surface area contributed by atoms with Crippen LogP contribution in [0.5, 0.6) is 0 Å². The van der Waals surface area contributed by atoms with Crippen LogP contribution < -0.4 is 0 Å². The highest BCUT2D eigenvalue weighted by Gasteiger charge is 2.30. The minimum absolute atomic E-state index is 0.236. The normalized spacial score (nSPS) is 18.7. The number of aromatic nitrogens is 3. The van der Waals surface area contributed by atoms with Crippen LogP contribution >= 0.6 is 0 Å². The molecule has 0 amide bonds. The fourth-order valence-corrected chi connectivity index (χ4v) is 3.44. The summed E-state index contributed by atoms with van der Waals surface area (Å²) >= 11 is 0. The molecule has 1 unspecified atom stereocenters. The van der Waals surface area contributed by atoms with E-state index in [0.717, 1.165) is 43.2 Å². The topological polar surface area (TPSA) is 55.1 Å². The Bertz CT molecular complexity index is 837. The maximum atomic E-state index is 5.41. The van der Waals surface area contributed by atoms with Crippen LogP contribution in [0.1, 0.15) is 55.9 Å². The molecule has 5 nitrogen and oxygen atoms in total. The molecule has 1 saturated heterocycles. The number of fused-ring (bicyclic) bond motifs is 1. The van der Waals surface area contributed by atoms with Crippen molar-refractivity contribution in [2.45, 2.75) is 45.2 Å². The van der Waals surface area contributed by atoms with Gasteiger partial charge in [-0.05, 0) is 31.0 Å². The summed E-state index contributed by atoms with van der Waals surface area (Å²) in [5.41, 5.74) is 2.34. The van der Waals surface area contributed by atoms with Gasteiger partial charge in [0, 0.05) is 24.0 Å². The molecule has 0 saturated carbocycles. The van der Waals surface area contributed by atoms with Crippen molar-refractivity contribution in [3.63, 3.8) is 0 Å². The Morgan fingerprint density at radius 3 is 2.96 bits per heavy atom. The Balaban J connectivity index is 1.60. The van der Waals surface area contributed by atoms with Gasteiger partial charge in [-0.3, -0.25) is 9.88 Å². The van der Waals surface area contributed by atoms with Crippen LogP contribution in [-0.2, 0) is 6.54 Å². The molecule has 0 spiro atoms. The fourth-order valence-electron chi connectivity index (χ4n) is 3.44. The quantitative estimate of drug-likeness (QED) is 0.724. The molecule has 4 rings (SSSR count). The van der Waals surface area contributed by atoms with E-state index in [2.05, 4.69) is 58.1 Å². The van der Waals surface area contributed by atoms with Gasteiger partial charge in [0.1, 0.15) is 0 Å². The molecule has 0 N–H and O–H groups in total. The van der Waals surface area contributed by atoms with Crippen molar-refractivity contribution in [1.82, 2.24) is 20.0 Å². The average Bonchev–Trinajstić information content (AvgIpc) is 3.24. The first kappa shape index (κ1) is 15.3. The molecular weight excluding hydrogens is 300 g/mol. The van der Waals surface area contributed by atoms with Gasteiger partial charge in [-0.2, -0.15) is 4.98 Å². The van der Waals surface area contributed by atoms with Crippen LogP contribution in [0.25, 0.3) is 10.9 Å². The predicted molar refractivity (Wildman–Crippen MR) is 92.5 cm³/mol. The highest BCUT2D eigenvalue weighted by Crippen LogP contribution is 2.33. The summed E-state index contributed by atoms with van der Waals surface area (Å²) in [5, 5.41) is 5.42. The number of rotatable bonds is 4. The summed E-state index contributed by atoms with van der Waals surface area (Å²) in [7, 11) is 0. The van der Waals surface area contributed by atoms with E-state index in [4.69, 9.17) is 4.52 Å². The van der Waals surface area contributed by atoms with Crippen molar-refractivity contribution in [2.75, 3.05) is 6.54 Å². The molecular formula is C19H22N4O. The van der Waals surface area contributed by atoms with Crippen molar-refractivity contribution >= 4 is 10.9 Å². The van der Waals surface area contributed by atoms with E-state index >= 15 is 0 Å². The molecule has 1 aliphatic rings. The van der Waals surface area contributed by atoms with Gasteiger partial charge in [0.05, 0.1) is 11.6 Å². The van der Waals surface area contributed by atoms with Gasteiger partial charge >= 0.3 is 0 Å². The van der Waals surface area contributed by atoms with Gasteiger partial charge in [-0.1, -0.05) is 43.3 Å². The first-order chi connectivity index (χ1) is 11.7. The Labute approximate surface area is 141 Å². The lowest BCUT2D eigenvalue weighted by atomic mass is 10.1. The second-order valence-electron chi connectivity index (χ2n) is 6.77. The van der Waals surface area contributed by atoms with Gasteiger partial charge in [-0.15, -0.1) is 0 Å². The third-order valence-electron chi connectivity index (χ3n) is 4.70. The van der Waals surface area contributed by atoms with Crippen LogP contribution in [0, 0.1) is 0 Å². The molecule has 0 bridgehead atoms. The molecule has 0 radical (unpaired) electrons. The van der Waals surface area contributed by atoms with Crippen LogP contribution in [-0.4, -0.2) is 26.6 Å². The highest BCUT2D eigenvalue weighted by atomic mass is 16.5. The lowest BCUT2D eigenvalue weighted by Gasteiger charge is -2.22. The smallest absolute Gasteiger partial charge is 0.229 e. The number of pyridine rings is 1. The molecule has 5 heteroatoms. The Hall–Kier alpha value is -2.27. The number of hydrogen-bond acceptors (Lipinski definition) is 5. The molecule has 3 aromatic rings. The van der Waals surface area contributed by atoms with Crippen molar-refractivity contribution in [3.8, 4) is 0 Å². The maximum Gasteiger partial charge on any atom is 0.229 e. The summed E-state index contributed by atoms with van der Waals surface area (Å²) in [5.74, 6) is 1.82. The average molecular weight is 322 g/mol. The van der Waals surface area contributed by atoms with Crippen LogP contribution in [0.4, 0.5) is 0 Å². The number of para-hydroxylation sites is 1. The van der Waals surface area contributed by atoms with Gasteiger partial charge in [0.15, 0.2) is 5.82 Å². The predicted octanol–water partition coefficient (Wildman–Crippen LogP) is 4.08. The third kappa shape index (κ3) is 2.80. The van der Waals surface area contributed by atoms with Crippen LogP contribution in [0.3, 0.4) is 0 Å². The van der Waals surface area contributed by atoms with Gasteiger partial charge in [-0.25, -0.2) is 0 Å². The Morgan fingerprint density at radius 1 is 1.25 bits per heavy atom. The van der Waals surface area contributed by atoms with Crippen molar-refractivity contribution in [2.24, 2.45) is 0 Å². The SMILES string of the molecule is CC(C)c1nc(C2CCCN2Cc2cccc3cccnc23)no1. The largest absolute Gasteiger partial charge is 0.339 e. The summed E-state index contributed by atoms with van der Waals surface area (Å²) in [4.78, 5) is 11.6. The molecule has 3 heterocycles. The fraction of sp³-hybridized carbons (Fsp3) is 0.421. The van der Waals surface area contributed by atoms with Crippen molar-refractivity contribution in [1.29, 1.82) is 0 Å². The lowest BCUT2D eigenvalue weighted by molar-refractivity contribution is 0.234. The molecule has 1 atom stereocenters. The molecule has 0 aliphatic carbocycles. The standard InChI is InChI=1S/C19H22N4O/c1-13(2)19-21-18(22-24-19)16-9-5-11-23(16)12-15-7-3-6-14-8-4-10-20-17(14)15/h3-4,6-8,10,13,16H,5,9,11-12H2,1-2H3. The molecule has 124 valence electrons. The minimum atomic E-state index is 0.236. The van der Waals surface area contributed by atoms with E-state index in [-0.39, 0.29) is 12.0 Å². The number of likely N-dealkylation sites (tertiary alicyclic amines) is 1. The van der Waals surface area contributed by atoms with Crippen molar-refractivity contribution < 1.29 is 4.52 Å². The maximum absolute atomic E-state index is 5.41. The number of nitrogens with zero attached hydrogens (tertiary/aromatic N) is 4. The zero-order chi connectivity index (χ0) is 16.5. The zero-order valence-electron chi connectivity index (χ0n) is 14.1. The van der Waals surface area contributed by atoms with E-state index in [1.807, 2.05) is 12.3 Å². The van der Waals surface area contributed by atoms with Crippen LogP contribution in [0.2, 0.25) is 0 Å². The number of benzene rings is 1. The molecule has 1 aliphatic heterocycles. The van der Waals surface area contributed by atoms with E-state index in [1.165, 1.54) is 10.9 Å². The minimum Gasteiger partial charge on any atom is -0.339 e. The molecule has 2 aromatic heterocycles. The Morgan fingerprint density at radius 2 is 2.12 bits per heavy atom. The van der Waals surface area contributed by atoms with Gasteiger partial charge < -0.3 is 4.52 Å². The lowest BCUT2D eigenvalue weighted by Crippen LogP contribution is -2.23. The highest BCUT2D eigenvalue weighted by molar-refractivity contribution is 5.81. The summed E-state index contributed by atoms with van der Waals surface area (Å²) < 4.78 is 5.41.